The molecule has 2 heterocycles. The first-order valence-corrected chi connectivity index (χ1v) is 9.98. The Morgan fingerprint density at radius 1 is 1.14 bits per heavy atom. The fourth-order valence-electron chi connectivity index (χ4n) is 3.48. The maximum atomic E-state index is 12.4. The van der Waals surface area contributed by atoms with Gasteiger partial charge in [0.25, 0.3) is 5.91 Å². The summed E-state index contributed by atoms with van der Waals surface area (Å²) in [5.41, 5.74) is 2.25. The summed E-state index contributed by atoms with van der Waals surface area (Å²) < 4.78 is 5.74. The fraction of sp³-hybridized carbons (Fsp3) is 0.409. The van der Waals surface area contributed by atoms with Gasteiger partial charge in [0, 0.05) is 25.0 Å². The van der Waals surface area contributed by atoms with Gasteiger partial charge in [0.1, 0.15) is 5.82 Å². The van der Waals surface area contributed by atoms with E-state index >= 15 is 0 Å². The molecule has 2 atom stereocenters. The summed E-state index contributed by atoms with van der Waals surface area (Å²) in [7, 11) is 0. The Bertz CT molecular complexity index is 843. The number of anilines is 2. The van der Waals surface area contributed by atoms with Crippen LogP contribution >= 0.6 is 0 Å². The molecule has 0 bridgehead atoms. The molecule has 2 N–H and O–H groups in total. The number of amides is 2. The first kappa shape index (κ1) is 20.8. The first-order chi connectivity index (χ1) is 14.0. The van der Waals surface area contributed by atoms with Gasteiger partial charge in [-0.25, -0.2) is 4.98 Å². The van der Waals surface area contributed by atoms with Crippen molar-refractivity contribution in [2.24, 2.45) is 0 Å². The molecule has 2 aromatic rings. The number of carbonyl (C=O) groups excluding carboxylic acids is 2. The van der Waals surface area contributed by atoms with Crippen LogP contribution in [0.3, 0.4) is 0 Å². The van der Waals surface area contributed by atoms with Crippen LogP contribution in [0.4, 0.5) is 11.5 Å². The van der Waals surface area contributed by atoms with Crippen LogP contribution in [0.15, 0.2) is 42.6 Å². The Hall–Kier alpha value is -2.93. The van der Waals surface area contributed by atoms with Crippen molar-refractivity contribution >= 4 is 23.3 Å². The highest BCUT2D eigenvalue weighted by molar-refractivity contribution is 5.99. The van der Waals surface area contributed by atoms with Crippen LogP contribution in [0.25, 0.3) is 0 Å². The number of aromatic nitrogens is 1. The largest absolute Gasteiger partial charge is 0.372 e. The van der Waals surface area contributed by atoms with Crippen molar-refractivity contribution in [3.63, 3.8) is 0 Å². The minimum absolute atomic E-state index is 0.100. The Morgan fingerprint density at radius 3 is 2.52 bits per heavy atom. The number of rotatable bonds is 6. The second-order valence-corrected chi connectivity index (χ2v) is 7.31. The van der Waals surface area contributed by atoms with Crippen molar-refractivity contribution in [1.29, 1.82) is 0 Å². The van der Waals surface area contributed by atoms with Gasteiger partial charge in [-0.1, -0.05) is 25.1 Å². The number of carbonyl (C=O) groups is 2. The van der Waals surface area contributed by atoms with E-state index in [1.54, 1.807) is 12.3 Å². The average molecular weight is 396 g/mol. The molecular formula is C22H28N4O3. The molecule has 1 saturated heterocycles. The lowest BCUT2D eigenvalue weighted by molar-refractivity contribution is -0.115. The summed E-state index contributed by atoms with van der Waals surface area (Å²) in [4.78, 5) is 31.1. The number of nitrogens with one attached hydrogen (secondary N) is 2. The molecule has 7 heteroatoms. The minimum Gasteiger partial charge on any atom is -0.372 e. The van der Waals surface area contributed by atoms with Crippen LogP contribution in [0.5, 0.6) is 0 Å². The smallest absolute Gasteiger partial charge is 0.253 e. The number of hydrogen-bond acceptors (Lipinski definition) is 5. The van der Waals surface area contributed by atoms with Gasteiger partial charge in [0.15, 0.2) is 0 Å². The normalized spacial score (nSPS) is 18.9. The molecule has 2 amide bonds. The van der Waals surface area contributed by atoms with Crippen molar-refractivity contribution in [3.8, 4) is 0 Å². The van der Waals surface area contributed by atoms with Gasteiger partial charge in [-0.3, -0.25) is 9.59 Å². The highest BCUT2D eigenvalue weighted by Gasteiger charge is 2.23. The molecule has 3 rings (SSSR count). The van der Waals surface area contributed by atoms with Crippen LogP contribution in [0.2, 0.25) is 0 Å². The predicted molar refractivity (Wildman–Crippen MR) is 113 cm³/mol. The molecule has 154 valence electrons. The lowest BCUT2D eigenvalue weighted by Gasteiger charge is -2.36. The van der Waals surface area contributed by atoms with E-state index in [4.69, 9.17) is 4.74 Å². The van der Waals surface area contributed by atoms with Gasteiger partial charge in [-0.2, -0.15) is 0 Å². The first-order valence-electron chi connectivity index (χ1n) is 9.98. The summed E-state index contributed by atoms with van der Waals surface area (Å²) in [5, 5.41) is 5.49. The van der Waals surface area contributed by atoms with E-state index in [1.165, 1.54) is 0 Å². The van der Waals surface area contributed by atoms with Gasteiger partial charge in [-0.05, 0) is 44.0 Å². The van der Waals surface area contributed by atoms with Crippen LogP contribution in [-0.2, 0) is 16.0 Å². The third-order valence-corrected chi connectivity index (χ3v) is 4.84. The number of ether oxygens (including phenoxy) is 1. The van der Waals surface area contributed by atoms with Crippen molar-refractivity contribution in [2.45, 2.75) is 39.4 Å². The van der Waals surface area contributed by atoms with Crippen molar-refractivity contribution in [2.75, 3.05) is 29.9 Å². The standard InChI is InChI=1S/C22H28N4O3/c1-4-17-7-5-6-8-19(17)25-21(27)12-24-22(28)18-9-10-20(23-11-18)26-13-15(2)29-16(3)14-26/h5-11,15-16H,4,12-14H2,1-3H3,(H,24,28)(H,25,27)/t15-,16+. The maximum absolute atomic E-state index is 12.4. The second-order valence-electron chi connectivity index (χ2n) is 7.31. The molecule has 1 aromatic carbocycles. The average Bonchev–Trinajstić information content (AvgIpc) is 2.72. The Morgan fingerprint density at radius 2 is 1.86 bits per heavy atom. The van der Waals surface area contributed by atoms with Gasteiger partial charge < -0.3 is 20.3 Å². The van der Waals surface area contributed by atoms with Gasteiger partial charge in [-0.15, -0.1) is 0 Å². The molecule has 0 aliphatic carbocycles. The summed E-state index contributed by atoms with van der Waals surface area (Å²) >= 11 is 0. The summed E-state index contributed by atoms with van der Waals surface area (Å²) in [6, 6.07) is 11.2. The summed E-state index contributed by atoms with van der Waals surface area (Å²) in [6.45, 7) is 7.53. The Kier molecular flexibility index (Phi) is 6.82. The summed E-state index contributed by atoms with van der Waals surface area (Å²) in [6.07, 6.45) is 2.64. The molecule has 0 unspecified atom stereocenters. The number of hydrogen-bond donors (Lipinski definition) is 2. The number of para-hydroxylation sites is 1. The van der Waals surface area contributed by atoms with Crippen molar-refractivity contribution < 1.29 is 14.3 Å². The minimum atomic E-state index is -0.327. The molecule has 0 saturated carbocycles. The number of aryl methyl sites for hydroxylation is 1. The van der Waals surface area contributed by atoms with E-state index in [2.05, 4.69) is 20.5 Å². The second kappa shape index (κ2) is 9.52. The van der Waals surface area contributed by atoms with E-state index in [0.717, 1.165) is 36.6 Å². The van der Waals surface area contributed by atoms with Crippen molar-refractivity contribution in [3.05, 3.63) is 53.7 Å². The lowest BCUT2D eigenvalue weighted by atomic mass is 10.1. The topological polar surface area (TPSA) is 83.6 Å². The van der Waals surface area contributed by atoms with E-state index in [1.807, 2.05) is 51.1 Å². The van der Waals surface area contributed by atoms with Crippen LogP contribution in [0, 0.1) is 0 Å². The highest BCUT2D eigenvalue weighted by atomic mass is 16.5. The third-order valence-electron chi connectivity index (χ3n) is 4.84. The zero-order chi connectivity index (χ0) is 20.8. The zero-order valence-electron chi connectivity index (χ0n) is 17.1. The number of nitrogens with zero attached hydrogens (tertiary/aromatic N) is 2. The molecule has 1 aromatic heterocycles. The monoisotopic (exact) mass is 396 g/mol. The molecule has 0 radical (unpaired) electrons. The van der Waals surface area contributed by atoms with Gasteiger partial charge in [0.2, 0.25) is 5.91 Å². The molecule has 7 nitrogen and oxygen atoms in total. The van der Waals surface area contributed by atoms with E-state index in [-0.39, 0.29) is 30.6 Å². The molecule has 1 aliphatic heterocycles. The molecule has 29 heavy (non-hydrogen) atoms. The Labute approximate surface area is 171 Å². The molecule has 1 aliphatic rings. The number of benzene rings is 1. The van der Waals surface area contributed by atoms with Crippen LogP contribution in [-0.4, -0.2) is 48.6 Å². The maximum Gasteiger partial charge on any atom is 0.253 e. The number of pyridine rings is 1. The van der Waals surface area contributed by atoms with Crippen LogP contribution < -0.4 is 15.5 Å². The molecule has 1 fully saturated rings. The molecular weight excluding hydrogens is 368 g/mol. The van der Waals surface area contributed by atoms with E-state index in [9.17, 15) is 9.59 Å². The summed E-state index contributed by atoms with van der Waals surface area (Å²) in [5.74, 6) is 0.226. The van der Waals surface area contributed by atoms with Crippen LogP contribution in [0.1, 0.15) is 36.7 Å². The quantitative estimate of drug-likeness (QED) is 0.784. The highest BCUT2D eigenvalue weighted by Crippen LogP contribution is 2.18. The van der Waals surface area contributed by atoms with E-state index in [0.29, 0.717) is 5.56 Å². The Balaban J connectivity index is 1.53. The third kappa shape index (κ3) is 5.54. The molecule has 0 spiro atoms. The van der Waals surface area contributed by atoms with Crippen molar-refractivity contribution in [1.82, 2.24) is 10.3 Å². The SMILES string of the molecule is CCc1ccccc1NC(=O)CNC(=O)c1ccc(N2C[C@@H](C)O[C@@H](C)C2)nc1. The lowest BCUT2D eigenvalue weighted by Crippen LogP contribution is -2.45. The van der Waals surface area contributed by atoms with Gasteiger partial charge in [0.05, 0.1) is 24.3 Å². The zero-order valence-corrected chi connectivity index (χ0v) is 17.1. The fourth-order valence-corrected chi connectivity index (χ4v) is 3.48. The van der Waals surface area contributed by atoms with E-state index < -0.39 is 0 Å². The predicted octanol–water partition coefficient (Wildman–Crippen LogP) is 2.63. The number of morpholine rings is 1. The van der Waals surface area contributed by atoms with Gasteiger partial charge >= 0.3 is 0 Å².